The Kier molecular flexibility index (Phi) is 4.27. The van der Waals surface area contributed by atoms with Gasteiger partial charge in [0.25, 0.3) is 0 Å². The molecule has 1 aromatic carbocycles. The van der Waals surface area contributed by atoms with E-state index in [-0.39, 0.29) is 16.7 Å². The molecule has 0 bridgehead atoms. The summed E-state index contributed by atoms with van der Waals surface area (Å²) in [4.78, 5) is 16.2. The van der Waals surface area contributed by atoms with Crippen LogP contribution in [0.5, 0.6) is 0 Å². The van der Waals surface area contributed by atoms with Crippen molar-refractivity contribution >= 4 is 23.0 Å². The predicted molar refractivity (Wildman–Crippen MR) is 81.5 cm³/mol. The van der Waals surface area contributed by atoms with Crippen molar-refractivity contribution in [3.63, 3.8) is 0 Å². The number of nitrogens with zero attached hydrogens (tertiary/aromatic N) is 1. The van der Waals surface area contributed by atoms with Gasteiger partial charge in [0.15, 0.2) is 0 Å². The maximum Gasteiger partial charge on any atom is 0.335 e. The maximum atomic E-state index is 13.7. The van der Waals surface area contributed by atoms with Crippen molar-refractivity contribution in [1.29, 1.82) is 0 Å². The minimum Gasteiger partial charge on any atom is -0.478 e. The normalized spacial score (nSPS) is 11.4. The Bertz CT molecular complexity index is 662. The maximum absolute atomic E-state index is 13.7. The van der Waals surface area contributed by atoms with Crippen LogP contribution in [0, 0.1) is 5.82 Å². The zero-order valence-electron chi connectivity index (χ0n) is 12.1. The Morgan fingerprint density at radius 1 is 1.43 bits per heavy atom. The van der Waals surface area contributed by atoms with Gasteiger partial charge in [-0.15, -0.1) is 11.3 Å². The molecule has 4 nitrogen and oxygen atoms in total. The number of thiazole rings is 1. The van der Waals surface area contributed by atoms with Crippen LogP contribution < -0.4 is 5.32 Å². The van der Waals surface area contributed by atoms with E-state index in [1.54, 1.807) is 17.5 Å². The summed E-state index contributed by atoms with van der Waals surface area (Å²) in [5.41, 5.74) is 0.219. The molecular formula is C15H17FN2O2S. The van der Waals surface area contributed by atoms with Gasteiger partial charge in [-0.2, -0.15) is 0 Å². The van der Waals surface area contributed by atoms with Crippen LogP contribution in [0.25, 0.3) is 0 Å². The molecule has 0 unspecified atom stereocenters. The fourth-order valence-corrected chi connectivity index (χ4v) is 2.62. The van der Waals surface area contributed by atoms with Crippen LogP contribution in [0.15, 0.2) is 24.4 Å². The lowest BCUT2D eigenvalue weighted by Gasteiger charge is -2.13. The summed E-state index contributed by atoms with van der Waals surface area (Å²) in [6.45, 7) is 6.66. The third-order valence-electron chi connectivity index (χ3n) is 2.86. The van der Waals surface area contributed by atoms with Crippen molar-refractivity contribution in [1.82, 2.24) is 4.98 Å². The van der Waals surface area contributed by atoms with E-state index in [0.29, 0.717) is 6.54 Å². The molecule has 0 saturated heterocycles. The van der Waals surface area contributed by atoms with Gasteiger partial charge in [-0.1, -0.05) is 20.8 Å². The molecular weight excluding hydrogens is 291 g/mol. The number of carboxylic acid groups (broad SMARTS) is 1. The molecule has 0 fully saturated rings. The van der Waals surface area contributed by atoms with Gasteiger partial charge in [-0.3, -0.25) is 0 Å². The molecule has 0 aliphatic carbocycles. The van der Waals surface area contributed by atoms with Gasteiger partial charge in [-0.05, 0) is 18.2 Å². The molecule has 2 rings (SSSR count). The van der Waals surface area contributed by atoms with E-state index in [4.69, 9.17) is 5.11 Å². The monoisotopic (exact) mass is 308 g/mol. The van der Waals surface area contributed by atoms with Crippen LogP contribution in [0.3, 0.4) is 0 Å². The Balaban J connectivity index is 2.11. The highest BCUT2D eigenvalue weighted by Crippen LogP contribution is 2.27. The molecule has 2 N–H and O–H groups in total. The van der Waals surface area contributed by atoms with Gasteiger partial charge >= 0.3 is 5.97 Å². The third-order valence-corrected chi connectivity index (χ3v) is 4.28. The molecule has 0 aliphatic heterocycles. The highest BCUT2D eigenvalue weighted by Gasteiger charge is 2.18. The molecule has 0 atom stereocenters. The minimum absolute atomic E-state index is 0.0165. The molecule has 1 heterocycles. The Morgan fingerprint density at radius 3 is 2.71 bits per heavy atom. The van der Waals surface area contributed by atoms with Crippen molar-refractivity contribution in [3.8, 4) is 0 Å². The number of anilines is 1. The van der Waals surface area contributed by atoms with Crippen molar-refractivity contribution < 1.29 is 14.3 Å². The average molecular weight is 308 g/mol. The number of carboxylic acids is 1. The topological polar surface area (TPSA) is 62.2 Å². The average Bonchev–Trinajstić information content (AvgIpc) is 2.86. The quantitative estimate of drug-likeness (QED) is 0.899. The molecule has 0 saturated carbocycles. The molecule has 0 radical (unpaired) electrons. The van der Waals surface area contributed by atoms with Crippen molar-refractivity contribution in [3.05, 3.63) is 45.7 Å². The number of aromatic nitrogens is 1. The summed E-state index contributed by atoms with van der Waals surface area (Å²) in [6, 6.07) is 3.69. The standard InChI is InChI=1S/C15H17FN2O2S/c1-15(2,3)14-18-8-10(21-14)7-17-12-6-9(13(19)20)4-5-11(12)16/h4-6,8,17H,7H2,1-3H3,(H,19,20). The van der Waals surface area contributed by atoms with Gasteiger partial charge < -0.3 is 10.4 Å². The lowest BCUT2D eigenvalue weighted by molar-refractivity contribution is 0.0697. The lowest BCUT2D eigenvalue weighted by Crippen LogP contribution is -2.09. The van der Waals surface area contributed by atoms with Gasteiger partial charge in [0.05, 0.1) is 22.8 Å². The number of hydrogen-bond donors (Lipinski definition) is 2. The van der Waals surface area contributed by atoms with E-state index in [1.807, 2.05) is 0 Å². The highest BCUT2D eigenvalue weighted by molar-refractivity contribution is 7.11. The zero-order valence-corrected chi connectivity index (χ0v) is 12.9. The second-order valence-corrected chi connectivity index (χ2v) is 6.85. The van der Waals surface area contributed by atoms with Crippen LogP contribution in [0.1, 0.15) is 41.0 Å². The van der Waals surface area contributed by atoms with Gasteiger partial charge in [0.2, 0.25) is 0 Å². The van der Waals surface area contributed by atoms with E-state index in [1.165, 1.54) is 12.1 Å². The first-order valence-electron chi connectivity index (χ1n) is 6.49. The number of benzene rings is 1. The van der Waals surface area contributed by atoms with Crippen LogP contribution in [-0.4, -0.2) is 16.1 Å². The SMILES string of the molecule is CC(C)(C)c1ncc(CNc2cc(C(=O)O)ccc2F)s1. The molecule has 0 aliphatic rings. The van der Waals surface area contributed by atoms with E-state index in [9.17, 15) is 9.18 Å². The molecule has 0 spiro atoms. The smallest absolute Gasteiger partial charge is 0.335 e. The Hall–Kier alpha value is -1.95. The van der Waals surface area contributed by atoms with Crippen LogP contribution in [0.4, 0.5) is 10.1 Å². The van der Waals surface area contributed by atoms with E-state index in [0.717, 1.165) is 16.0 Å². The molecule has 0 amide bonds. The molecule has 6 heteroatoms. The number of carbonyl (C=O) groups is 1. The summed E-state index contributed by atoms with van der Waals surface area (Å²) in [7, 11) is 0. The largest absolute Gasteiger partial charge is 0.478 e. The summed E-state index contributed by atoms with van der Waals surface area (Å²) >= 11 is 1.56. The number of nitrogens with one attached hydrogen (secondary N) is 1. The van der Waals surface area contributed by atoms with E-state index in [2.05, 4.69) is 31.1 Å². The third kappa shape index (κ3) is 3.78. The molecule has 2 aromatic rings. The number of hydrogen-bond acceptors (Lipinski definition) is 4. The first-order valence-corrected chi connectivity index (χ1v) is 7.31. The van der Waals surface area contributed by atoms with Gasteiger partial charge in [-0.25, -0.2) is 14.2 Å². The molecule has 1 aromatic heterocycles. The number of aromatic carboxylic acids is 1. The number of halogens is 1. The van der Waals surface area contributed by atoms with Crippen LogP contribution >= 0.6 is 11.3 Å². The summed E-state index contributed by atoms with van der Waals surface area (Å²) < 4.78 is 13.7. The van der Waals surface area contributed by atoms with E-state index >= 15 is 0 Å². The Labute approximate surface area is 126 Å². The second kappa shape index (κ2) is 5.81. The molecule has 112 valence electrons. The predicted octanol–water partition coefficient (Wildman–Crippen LogP) is 3.89. The van der Waals surface area contributed by atoms with Crippen LogP contribution in [-0.2, 0) is 12.0 Å². The zero-order chi connectivity index (χ0) is 15.6. The summed E-state index contributed by atoms with van der Waals surface area (Å²) in [5, 5.41) is 12.9. The lowest BCUT2D eigenvalue weighted by atomic mass is 9.98. The van der Waals surface area contributed by atoms with Gasteiger partial charge in [0.1, 0.15) is 5.82 Å². The van der Waals surface area contributed by atoms with E-state index < -0.39 is 11.8 Å². The summed E-state index contributed by atoms with van der Waals surface area (Å²) in [5.74, 6) is -1.55. The fourth-order valence-electron chi connectivity index (χ4n) is 1.71. The Morgan fingerprint density at radius 2 is 2.14 bits per heavy atom. The highest BCUT2D eigenvalue weighted by atomic mass is 32.1. The first kappa shape index (κ1) is 15.4. The fraction of sp³-hybridized carbons (Fsp3) is 0.333. The minimum atomic E-state index is -1.08. The van der Waals surface area contributed by atoms with Crippen molar-refractivity contribution in [2.24, 2.45) is 0 Å². The van der Waals surface area contributed by atoms with Crippen LogP contribution in [0.2, 0.25) is 0 Å². The number of rotatable bonds is 4. The first-order chi connectivity index (χ1) is 9.77. The summed E-state index contributed by atoms with van der Waals surface area (Å²) in [6.07, 6.45) is 1.76. The molecule has 21 heavy (non-hydrogen) atoms. The van der Waals surface area contributed by atoms with Crippen molar-refractivity contribution in [2.45, 2.75) is 32.7 Å². The van der Waals surface area contributed by atoms with Gasteiger partial charge in [0, 0.05) is 16.5 Å². The second-order valence-electron chi connectivity index (χ2n) is 5.74. The van der Waals surface area contributed by atoms with Crippen molar-refractivity contribution in [2.75, 3.05) is 5.32 Å².